The summed E-state index contributed by atoms with van der Waals surface area (Å²) in [5.74, 6) is -0.0378. The van der Waals surface area contributed by atoms with Crippen LogP contribution in [0.25, 0.3) is 0 Å². The van der Waals surface area contributed by atoms with Gasteiger partial charge in [-0.1, -0.05) is 20.8 Å². The van der Waals surface area contributed by atoms with Crippen molar-refractivity contribution in [3.8, 4) is 0 Å². The van der Waals surface area contributed by atoms with Crippen LogP contribution in [-0.4, -0.2) is 23.0 Å². The van der Waals surface area contributed by atoms with Crippen molar-refractivity contribution in [2.24, 2.45) is 17.8 Å². The van der Waals surface area contributed by atoms with Gasteiger partial charge in [-0.25, -0.2) is 4.79 Å². The molecule has 104 valence electrons. The van der Waals surface area contributed by atoms with E-state index in [1.54, 1.807) is 0 Å². The van der Waals surface area contributed by atoms with Crippen molar-refractivity contribution in [3.63, 3.8) is 0 Å². The van der Waals surface area contributed by atoms with E-state index in [0.717, 1.165) is 25.7 Å². The van der Waals surface area contributed by atoms with Gasteiger partial charge in [-0.3, -0.25) is 4.79 Å². The Morgan fingerprint density at radius 2 is 1.78 bits per heavy atom. The van der Waals surface area contributed by atoms with Crippen LogP contribution >= 0.6 is 0 Å². The second-order valence-corrected chi connectivity index (χ2v) is 5.99. The summed E-state index contributed by atoms with van der Waals surface area (Å²) in [6, 6.07) is -0.739. The molecular formula is C14H25NO3. The topological polar surface area (TPSA) is 66.4 Å². The third kappa shape index (κ3) is 4.67. The first-order valence-electron chi connectivity index (χ1n) is 6.93. The predicted octanol–water partition coefficient (Wildman–Crippen LogP) is 2.43. The number of hydrogen-bond acceptors (Lipinski definition) is 2. The largest absolute Gasteiger partial charge is 0.480 e. The second-order valence-electron chi connectivity index (χ2n) is 5.99. The number of nitrogens with one attached hydrogen (secondary N) is 1. The zero-order chi connectivity index (χ0) is 13.7. The summed E-state index contributed by atoms with van der Waals surface area (Å²) in [6.45, 7) is 6.13. The van der Waals surface area contributed by atoms with E-state index < -0.39 is 12.0 Å². The van der Waals surface area contributed by atoms with Gasteiger partial charge in [0.15, 0.2) is 0 Å². The Morgan fingerprint density at radius 1 is 1.22 bits per heavy atom. The lowest BCUT2D eigenvalue weighted by Gasteiger charge is -2.27. The maximum absolute atomic E-state index is 12.0. The molecule has 0 aliphatic heterocycles. The number of aliphatic carboxylic acids is 1. The molecule has 0 aromatic heterocycles. The Morgan fingerprint density at radius 3 is 2.22 bits per heavy atom. The highest BCUT2D eigenvalue weighted by Gasteiger charge is 2.28. The van der Waals surface area contributed by atoms with Crippen LogP contribution in [0.2, 0.25) is 0 Å². The third-order valence-electron chi connectivity index (χ3n) is 3.71. The molecule has 0 aromatic rings. The van der Waals surface area contributed by atoms with Crippen LogP contribution in [0.5, 0.6) is 0 Å². The predicted molar refractivity (Wildman–Crippen MR) is 70.1 cm³/mol. The van der Waals surface area contributed by atoms with Crippen LogP contribution in [0, 0.1) is 17.8 Å². The van der Waals surface area contributed by atoms with Crippen LogP contribution in [0.3, 0.4) is 0 Å². The second kappa shape index (κ2) is 6.76. The van der Waals surface area contributed by atoms with E-state index in [1.807, 2.05) is 13.8 Å². The minimum absolute atomic E-state index is 0.00946. The molecule has 1 saturated carbocycles. The molecular weight excluding hydrogens is 230 g/mol. The summed E-state index contributed by atoms with van der Waals surface area (Å²) in [4.78, 5) is 23.1. The number of carboxylic acids is 1. The lowest BCUT2D eigenvalue weighted by Crippen LogP contribution is -2.44. The third-order valence-corrected chi connectivity index (χ3v) is 3.71. The number of carbonyl (C=O) groups excluding carboxylic acids is 1. The number of amides is 1. The van der Waals surface area contributed by atoms with Crippen LogP contribution in [-0.2, 0) is 9.59 Å². The molecule has 4 nitrogen and oxygen atoms in total. The Bertz CT molecular complexity index is 293. The molecule has 0 radical (unpaired) electrons. The molecule has 0 bridgehead atoms. The minimum Gasteiger partial charge on any atom is -0.480 e. The van der Waals surface area contributed by atoms with Gasteiger partial charge in [0.1, 0.15) is 6.04 Å². The Hall–Kier alpha value is -1.06. The standard InChI is InChI=1S/C14H25NO3/c1-9(2)8-12(14(17)18)15-13(16)11-6-4-10(3)5-7-11/h9-12H,4-8H2,1-3H3,(H,15,16)(H,17,18)/t10?,11?,12-/m1/s1. The van der Waals surface area contributed by atoms with Crippen molar-refractivity contribution in [2.75, 3.05) is 0 Å². The molecule has 0 aromatic carbocycles. The van der Waals surface area contributed by atoms with Crippen molar-refractivity contribution in [2.45, 2.75) is 58.9 Å². The number of hydrogen-bond donors (Lipinski definition) is 2. The average Bonchev–Trinajstić information content (AvgIpc) is 2.28. The fourth-order valence-electron chi connectivity index (χ4n) is 2.50. The molecule has 1 rings (SSSR count). The molecule has 18 heavy (non-hydrogen) atoms. The highest BCUT2D eigenvalue weighted by molar-refractivity contribution is 5.85. The fourth-order valence-corrected chi connectivity index (χ4v) is 2.50. The molecule has 1 aliphatic rings. The molecule has 0 heterocycles. The van der Waals surface area contributed by atoms with Gasteiger partial charge in [0.05, 0.1) is 0 Å². The van der Waals surface area contributed by atoms with Gasteiger partial charge in [0.25, 0.3) is 0 Å². The minimum atomic E-state index is -0.929. The molecule has 0 spiro atoms. The Labute approximate surface area is 109 Å². The van der Waals surface area contributed by atoms with Gasteiger partial charge < -0.3 is 10.4 Å². The van der Waals surface area contributed by atoms with Gasteiger partial charge in [0, 0.05) is 5.92 Å². The molecule has 0 saturated heterocycles. The Kier molecular flexibility index (Phi) is 5.63. The molecule has 1 atom stereocenters. The zero-order valence-corrected chi connectivity index (χ0v) is 11.6. The van der Waals surface area contributed by atoms with E-state index in [0.29, 0.717) is 12.3 Å². The SMILES string of the molecule is CC(C)C[C@@H](NC(=O)C1CCC(C)CC1)C(=O)O. The molecule has 1 fully saturated rings. The van der Waals surface area contributed by atoms with E-state index in [-0.39, 0.29) is 17.7 Å². The quantitative estimate of drug-likeness (QED) is 0.793. The molecule has 0 unspecified atom stereocenters. The highest BCUT2D eigenvalue weighted by Crippen LogP contribution is 2.28. The smallest absolute Gasteiger partial charge is 0.326 e. The molecule has 1 amide bonds. The van der Waals surface area contributed by atoms with Gasteiger partial charge in [-0.2, -0.15) is 0 Å². The molecule has 4 heteroatoms. The molecule has 2 N–H and O–H groups in total. The van der Waals surface area contributed by atoms with Gasteiger partial charge in [-0.05, 0) is 43.9 Å². The fraction of sp³-hybridized carbons (Fsp3) is 0.857. The summed E-state index contributed by atoms with van der Waals surface area (Å²) in [6.07, 6.45) is 4.41. The number of carboxylic acid groups (broad SMARTS) is 1. The summed E-state index contributed by atoms with van der Waals surface area (Å²) < 4.78 is 0. The molecule has 1 aliphatic carbocycles. The van der Waals surface area contributed by atoms with Crippen LogP contribution in [0.4, 0.5) is 0 Å². The van der Waals surface area contributed by atoms with Gasteiger partial charge >= 0.3 is 5.97 Å². The number of rotatable bonds is 5. The lowest BCUT2D eigenvalue weighted by atomic mass is 9.82. The van der Waals surface area contributed by atoms with Gasteiger partial charge in [-0.15, -0.1) is 0 Å². The normalized spacial score (nSPS) is 25.8. The number of carbonyl (C=O) groups is 2. The van der Waals surface area contributed by atoms with Crippen molar-refractivity contribution >= 4 is 11.9 Å². The first-order chi connectivity index (χ1) is 8.40. The maximum Gasteiger partial charge on any atom is 0.326 e. The van der Waals surface area contributed by atoms with E-state index in [1.165, 1.54) is 0 Å². The summed E-state index contributed by atoms with van der Waals surface area (Å²) >= 11 is 0. The maximum atomic E-state index is 12.0. The van der Waals surface area contributed by atoms with Gasteiger partial charge in [0.2, 0.25) is 5.91 Å². The summed E-state index contributed by atoms with van der Waals surface area (Å²) in [7, 11) is 0. The van der Waals surface area contributed by atoms with Crippen molar-refractivity contribution in [3.05, 3.63) is 0 Å². The Balaban J connectivity index is 2.48. The van der Waals surface area contributed by atoms with E-state index >= 15 is 0 Å². The average molecular weight is 255 g/mol. The van der Waals surface area contributed by atoms with Crippen LogP contribution < -0.4 is 5.32 Å². The van der Waals surface area contributed by atoms with Crippen LogP contribution in [0.15, 0.2) is 0 Å². The monoisotopic (exact) mass is 255 g/mol. The first-order valence-corrected chi connectivity index (χ1v) is 6.93. The highest BCUT2D eigenvalue weighted by atomic mass is 16.4. The van der Waals surface area contributed by atoms with Crippen LogP contribution in [0.1, 0.15) is 52.9 Å². The van der Waals surface area contributed by atoms with Crippen molar-refractivity contribution in [1.82, 2.24) is 5.32 Å². The van der Waals surface area contributed by atoms with E-state index in [9.17, 15) is 9.59 Å². The van der Waals surface area contributed by atoms with E-state index in [2.05, 4.69) is 12.2 Å². The summed E-state index contributed by atoms with van der Waals surface area (Å²) in [5, 5.41) is 11.8. The zero-order valence-electron chi connectivity index (χ0n) is 11.6. The van der Waals surface area contributed by atoms with Crippen molar-refractivity contribution in [1.29, 1.82) is 0 Å². The lowest BCUT2D eigenvalue weighted by molar-refractivity contribution is -0.143. The van der Waals surface area contributed by atoms with Crippen molar-refractivity contribution < 1.29 is 14.7 Å². The first kappa shape index (κ1) is 15.0. The van der Waals surface area contributed by atoms with E-state index in [4.69, 9.17) is 5.11 Å². The summed E-state index contributed by atoms with van der Waals surface area (Å²) in [5.41, 5.74) is 0.